The summed E-state index contributed by atoms with van der Waals surface area (Å²) in [5.74, 6) is 1.47. The summed E-state index contributed by atoms with van der Waals surface area (Å²) < 4.78 is 0. The molecule has 0 amide bonds. The molecule has 0 aliphatic heterocycles. The summed E-state index contributed by atoms with van der Waals surface area (Å²) in [6, 6.07) is 1.79. The number of aliphatic hydroxyl groups excluding tert-OH is 1. The molecule has 70 valence electrons. The van der Waals surface area contributed by atoms with Gasteiger partial charge in [-0.3, -0.25) is 0 Å². The topological polar surface area (TPSA) is 46.0 Å². The van der Waals surface area contributed by atoms with Crippen molar-refractivity contribution in [2.45, 2.75) is 19.3 Å². The molecule has 0 aromatic carbocycles. The van der Waals surface area contributed by atoms with E-state index in [9.17, 15) is 0 Å². The van der Waals surface area contributed by atoms with Crippen molar-refractivity contribution in [3.63, 3.8) is 0 Å². The summed E-state index contributed by atoms with van der Waals surface area (Å²) in [7, 11) is 0. The smallest absolute Gasteiger partial charge is 0.133 e. The molecular formula is C9H11ClN2O. The van der Waals surface area contributed by atoms with Gasteiger partial charge in [-0.25, -0.2) is 9.97 Å². The summed E-state index contributed by atoms with van der Waals surface area (Å²) >= 11 is 5.80. The van der Waals surface area contributed by atoms with E-state index in [1.165, 1.54) is 0 Å². The number of hydrogen-bond acceptors (Lipinski definition) is 3. The molecular weight excluding hydrogens is 188 g/mol. The average Bonchev–Trinajstić information content (AvgIpc) is 2.80. The highest BCUT2D eigenvalue weighted by atomic mass is 35.5. The lowest BCUT2D eigenvalue weighted by molar-refractivity contribution is 0.273. The zero-order valence-corrected chi connectivity index (χ0v) is 8.12. The van der Waals surface area contributed by atoms with Crippen LogP contribution in [0.1, 0.15) is 23.9 Å². The molecule has 1 saturated carbocycles. The van der Waals surface area contributed by atoms with Crippen molar-refractivity contribution in [2.75, 3.05) is 6.61 Å². The number of aromatic nitrogens is 2. The minimum atomic E-state index is 0.241. The van der Waals surface area contributed by atoms with Crippen LogP contribution in [-0.2, 0) is 0 Å². The van der Waals surface area contributed by atoms with E-state index in [-0.39, 0.29) is 6.61 Å². The third kappa shape index (κ3) is 1.81. The molecule has 0 unspecified atom stereocenters. The fourth-order valence-corrected chi connectivity index (χ4v) is 1.79. The molecule has 1 aromatic rings. The molecule has 2 rings (SSSR count). The molecule has 1 fully saturated rings. The maximum absolute atomic E-state index is 8.90. The lowest BCUT2D eigenvalue weighted by Crippen LogP contribution is -1.96. The highest BCUT2D eigenvalue weighted by Gasteiger charge is 2.38. The van der Waals surface area contributed by atoms with E-state index in [1.54, 1.807) is 6.07 Å². The normalized spacial score (nSPS) is 26.1. The number of nitrogens with zero attached hydrogens (tertiary/aromatic N) is 2. The number of hydrogen-bond donors (Lipinski definition) is 1. The monoisotopic (exact) mass is 198 g/mol. The van der Waals surface area contributed by atoms with Crippen LogP contribution in [-0.4, -0.2) is 21.7 Å². The Kier molecular flexibility index (Phi) is 2.22. The molecule has 0 radical (unpaired) electrons. The third-order valence-corrected chi connectivity index (χ3v) is 2.56. The first-order chi connectivity index (χ1) is 6.20. The van der Waals surface area contributed by atoms with Crippen LogP contribution < -0.4 is 0 Å². The van der Waals surface area contributed by atoms with Crippen LogP contribution in [0.25, 0.3) is 0 Å². The summed E-state index contributed by atoms with van der Waals surface area (Å²) in [6.45, 7) is 2.07. The second kappa shape index (κ2) is 3.24. The lowest BCUT2D eigenvalue weighted by Gasteiger charge is -2.00. The van der Waals surface area contributed by atoms with E-state index in [1.807, 2.05) is 6.92 Å². The number of aryl methyl sites for hydroxylation is 1. The summed E-state index contributed by atoms with van der Waals surface area (Å²) in [5.41, 5.74) is 0.969. The molecule has 2 atom stereocenters. The highest BCUT2D eigenvalue weighted by molar-refractivity contribution is 6.29. The van der Waals surface area contributed by atoms with Crippen molar-refractivity contribution < 1.29 is 5.11 Å². The van der Waals surface area contributed by atoms with E-state index in [0.717, 1.165) is 12.1 Å². The molecule has 13 heavy (non-hydrogen) atoms. The van der Waals surface area contributed by atoms with E-state index in [0.29, 0.717) is 22.8 Å². The van der Waals surface area contributed by atoms with Gasteiger partial charge in [0.05, 0.1) is 0 Å². The molecule has 1 heterocycles. The Morgan fingerprint density at radius 1 is 1.62 bits per heavy atom. The fraction of sp³-hybridized carbons (Fsp3) is 0.556. The van der Waals surface area contributed by atoms with Crippen LogP contribution >= 0.6 is 11.6 Å². The van der Waals surface area contributed by atoms with Crippen LogP contribution in [0.4, 0.5) is 0 Å². The summed E-state index contributed by atoms with van der Waals surface area (Å²) in [6.07, 6.45) is 1.02. The number of aliphatic hydroxyl groups is 1. The molecule has 1 aliphatic rings. The summed E-state index contributed by atoms with van der Waals surface area (Å²) in [5, 5.41) is 9.39. The van der Waals surface area contributed by atoms with Gasteiger partial charge in [-0.15, -0.1) is 0 Å². The van der Waals surface area contributed by atoms with Gasteiger partial charge in [0.1, 0.15) is 11.0 Å². The number of halogens is 1. The van der Waals surface area contributed by atoms with Crippen molar-refractivity contribution in [2.24, 2.45) is 5.92 Å². The lowest BCUT2D eigenvalue weighted by atomic mass is 10.2. The second-order valence-electron chi connectivity index (χ2n) is 3.45. The first-order valence-electron chi connectivity index (χ1n) is 4.32. The van der Waals surface area contributed by atoms with Gasteiger partial charge in [0.25, 0.3) is 0 Å². The van der Waals surface area contributed by atoms with Gasteiger partial charge in [0, 0.05) is 18.2 Å². The maximum atomic E-state index is 8.90. The SMILES string of the molecule is Cc1nc(Cl)cc([C@H]2C[C@@H]2CO)n1. The Morgan fingerprint density at radius 2 is 2.38 bits per heavy atom. The minimum Gasteiger partial charge on any atom is -0.396 e. The Bertz CT molecular complexity index is 309. The second-order valence-corrected chi connectivity index (χ2v) is 3.83. The van der Waals surface area contributed by atoms with Gasteiger partial charge in [-0.1, -0.05) is 11.6 Å². The first-order valence-corrected chi connectivity index (χ1v) is 4.70. The molecule has 0 bridgehead atoms. The fourth-order valence-electron chi connectivity index (χ4n) is 1.55. The van der Waals surface area contributed by atoms with Crippen molar-refractivity contribution >= 4 is 11.6 Å². The van der Waals surface area contributed by atoms with Crippen molar-refractivity contribution in [1.82, 2.24) is 9.97 Å². The average molecular weight is 199 g/mol. The van der Waals surface area contributed by atoms with Crippen molar-refractivity contribution in [1.29, 1.82) is 0 Å². The van der Waals surface area contributed by atoms with Crippen LogP contribution in [0.15, 0.2) is 6.07 Å². The largest absolute Gasteiger partial charge is 0.396 e. The Balaban J connectivity index is 2.22. The maximum Gasteiger partial charge on any atom is 0.133 e. The Labute approximate surface area is 81.8 Å². The predicted octanol–water partition coefficient (Wildman–Crippen LogP) is 1.53. The van der Waals surface area contributed by atoms with Crippen LogP contribution in [0.2, 0.25) is 5.15 Å². The van der Waals surface area contributed by atoms with Gasteiger partial charge in [0.15, 0.2) is 0 Å². The van der Waals surface area contributed by atoms with Crippen LogP contribution in [0, 0.1) is 12.8 Å². The quantitative estimate of drug-likeness (QED) is 0.734. The van der Waals surface area contributed by atoms with Crippen molar-refractivity contribution in [3.8, 4) is 0 Å². The molecule has 1 aliphatic carbocycles. The van der Waals surface area contributed by atoms with Gasteiger partial charge in [0.2, 0.25) is 0 Å². The minimum absolute atomic E-state index is 0.241. The van der Waals surface area contributed by atoms with E-state index < -0.39 is 0 Å². The van der Waals surface area contributed by atoms with Crippen molar-refractivity contribution in [3.05, 3.63) is 22.7 Å². The van der Waals surface area contributed by atoms with E-state index in [2.05, 4.69) is 9.97 Å². The zero-order chi connectivity index (χ0) is 9.42. The van der Waals surface area contributed by atoms with E-state index >= 15 is 0 Å². The van der Waals surface area contributed by atoms with Gasteiger partial charge >= 0.3 is 0 Å². The number of rotatable bonds is 2. The zero-order valence-electron chi connectivity index (χ0n) is 7.37. The van der Waals surface area contributed by atoms with E-state index in [4.69, 9.17) is 16.7 Å². The van der Waals surface area contributed by atoms with Gasteiger partial charge < -0.3 is 5.11 Å². The third-order valence-electron chi connectivity index (χ3n) is 2.36. The van der Waals surface area contributed by atoms with Gasteiger partial charge in [-0.05, 0) is 25.3 Å². The first kappa shape index (κ1) is 8.91. The Hall–Kier alpha value is -0.670. The molecule has 1 aromatic heterocycles. The predicted molar refractivity (Wildman–Crippen MR) is 49.7 cm³/mol. The highest BCUT2D eigenvalue weighted by Crippen LogP contribution is 2.46. The standard InChI is InChI=1S/C9H11ClN2O/c1-5-11-8(3-9(10)12-5)7-2-6(7)4-13/h3,6-7,13H,2,4H2,1H3/t6-,7+/m1/s1. The molecule has 0 saturated heterocycles. The molecule has 4 heteroatoms. The summed E-state index contributed by atoms with van der Waals surface area (Å²) in [4.78, 5) is 8.27. The van der Waals surface area contributed by atoms with Gasteiger partial charge in [-0.2, -0.15) is 0 Å². The molecule has 3 nitrogen and oxygen atoms in total. The van der Waals surface area contributed by atoms with Crippen LogP contribution in [0.5, 0.6) is 0 Å². The molecule has 1 N–H and O–H groups in total. The van der Waals surface area contributed by atoms with Crippen LogP contribution in [0.3, 0.4) is 0 Å². The Morgan fingerprint density at radius 3 is 2.92 bits per heavy atom. The molecule has 0 spiro atoms.